The van der Waals surface area contributed by atoms with E-state index in [0.717, 1.165) is 54.8 Å². The molecule has 0 bridgehead atoms. The third kappa shape index (κ3) is 4.96. The third-order valence-electron chi connectivity index (χ3n) is 6.20. The Morgan fingerprint density at radius 3 is 2.58 bits per heavy atom. The van der Waals surface area contributed by atoms with Crippen LogP contribution in [0.25, 0.3) is 11.0 Å². The lowest BCUT2D eigenvalue weighted by molar-refractivity contribution is -0.116. The molecule has 1 saturated heterocycles. The first-order valence-corrected chi connectivity index (χ1v) is 13.2. The molecule has 2 aromatic carbocycles. The van der Waals surface area contributed by atoms with E-state index >= 15 is 0 Å². The Balaban J connectivity index is 1.55. The molecule has 8 heteroatoms. The highest BCUT2D eigenvalue weighted by molar-refractivity contribution is 7.89. The van der Waals surface area contributed by atoms with Crippen LogP contribution in [0.5, 0.6) is 0 Å². The lowest BCUT2D eigenvalue weighted by Crippen LogP contribution is -2.27. The maximum atomic E-state index is 13.0. The lowest BCUT2D eigenvalue weighted by atomic mass is 10.1. The number of carbonyl (C=O) groups is 1. The average Bonchev–Trinajstić information content (AvgIpc) is 3.47. The number of aryl methyl sites for hydroxylation is 3. The molecule has 0 atom stereocenters. The molecule has 0 aliphatic carbocycles. The van der Waals surface area contributed by atoms with Crippen molar-refractivity contribution < 1.29 is 13.2 Å². The summed E-state index contributed by atoms with van der Waals surface area (Å²) in [5.41, 5.74) is 3.53. The molecule has 2 heterocycles. The Bertz CT molecular complexity index is 1240. The third-order valence-corrected chi connectivity index (χ3v) is 8.09. The van der Waals surface area contributed by atoms with Gasteiger partial charge in [0.05, 0.1) is 15.9 Å². The van der Waals surface area contributed by atoms with Gasteiger partial charge in [-0.15, -0.1) is 0 Å². The Labute approximate surface area is 195 Å². The Morgan fingerprint density at radius 2 is 1.85 bits per heavy atom. The van der Waals surface area contributed by atoms with Crippen LogP contribution in [0.1, 0.15) is 50.9 Å². The van der Waals surface area contributed by atoms with Crippen molar-refractivity contribution in [3.63, 3.8) is 0 Å². The van der Waals surface area contributed by atoms with Crippen LogP contribution in [-0.4, -0.2) is 41.3 Å². The molecule has 4 rings (SSSR count). The van der Waals surface area contributed by atoms with Crippen LogP contribution in [0.4, 0.5) is 5.69 Å². The molecule has 0 spiro atoms. The zero-order valence-corrected chi connectivity index (χ0v) is 20.2. The van der Waals surface area contributed by atoms with E-state index in [1.54, 1.807) is 16.4 Å². The summed E-state index contributed by atoms with van der Waals surface area (Å²) in [7, 11) is -3.49. The fraction of sp³-hybridized carbons (Fsp3) is 0.440. The molecular formula is C25H32N4O3S. The number of anilines is 1. The Hall–Kier alpha value is -2.71. The van der Waals surface area contributed by atoms with E-state index in [2.05, 4.69) is 23.7 Å². The van der Waals surface area contributed by atoms with Crippen molar-refractivity contribution in [1.82, 2.24) is 13.9 Å². The minimum atomic E-state index is -3.49. The number of hydrogen-bond donors (Lipinski definition) is 1. The van der Waals surface area contributed by atoms with Gasteiger partial charge in [0.1, 0.15) is 5.82 Å². The number of hydrogen-bond acceptors (Lipinski definition) is 4. The highest BCUT2D eigenvalue weighted by Gasteiger charge is 2.27. The number of fused-ring (bicyclic) bond motifs is 1. The summed E-state index contributed by atoms with van der Waals surface area (Å²) in [4.78, 5) is 17.7. The number of sulfonamides is 1. The molecule has 1 N–H and O–H groups in total. The summed E-state index contributed by atoms with van der Waals surface area (Å²) in [6.45, 7) is 6.08. The maximum Gasteiger partial charge on any atom is 0.243 e. The predicted molar refractivity (Wildman–Crippen MR) is 131 cm³/mol. The van der Waals surface area contributed by atoms with Crippen LogP contribution in [-0.2, 0) is 34.2 Å². The fourth-order valence-electron chi connectivity index (χ4n) is 4.45. The van der Waals surface area contributed by atoms with Crippen LogP contribution >= 0.6 is 0 Å². The second-order valence-electron chi connectivity index (χ2n) is 8.50. The lowest BCUT2D eigenvalue weighted by Gasteiger charge is -2.15. The first-order valence-electron chi connectivity index (χ1n) is 11.8. The molecule has 33 heavy (non-hydrogen) atoms. The van der Waals surface area contributed by atoms with Crippen molar-refractivity contribution in [3.8, 4) is 0 Å². The van der Waals surface area contributed by atoms with Gasteiger partial charge in [0, 0.05) is 38.2 Å². The minimum Gasteiger partial charge on any atom is -0.328 e. The number of amides is 1. The van der Waals surface area contributed by atoms with Crippen molar-refractivity contribution in [3.05, 3.63) is 53.9 Å². The largest absolute Gasteiger partial charge is 0.328 e. The molecule has 176 valence electrons. The monoisotopic (exact) mass is 468 g/mol. The van der Waals surface area contributed by atoms with E-state index < -0.39 is 10.0 Å². The van der Waals surface area contributed by atoms with E-state index in [1.807, 2.05) is 30.3 Å². The summed E-state index contributed by atoms with van der Waals surface area (Å²) in [6, 6.07) is 13.0. The Kier molecular flexibility index (Phi) is 7.14. The summed E-state index contributed by atoms with van der Waals surface area (Å²) in [5.74, 6) is 0.754. The van der Waals surface area contributed by atoms with Crippen LogP contribution in [0.3, 0.4) is 0 Å². The number of benzene rings is 2. The zero-order chi connectivity index (χ0) is 23.4. The van der Waals surface area contributed by atoms with Gasteiger partial charge in [0.25, 0.3) is 0 Å². The highest BCUT2D eigenvalue weighted by atomic mass is 32.2. The number of nitrogens with zero attached hydrogens (tertiary/aromatic N) is 3. The van der Waals surface area contributed by atoms with Crippen LogP contribution in [0.15, 0.2) is 47.4 Å². The van der Waals surface area contributed by atoms with Gasteiger partial charge in [-0.05, 0) is 55.5 Å². The van der Waals surface area contributed by atoms with Crippen LogP contribution in [0.2, 0.25) is 0 Å². The van der Waals surface area contributed by atoms with E-state index in [0.29, 0.717) is 36.3 Å². The van der Waals surface area contributed by atoms with Gasteiger partial charge in [-0.3, -0.25) is 4.79 Å². The number of imidazole rings is 1. The van der Waals surface area contributed by atoms with Crippen molar-refractivity contribution in [2.75, 3.05) is 18.4 Å². The van der Waals surface area contributed by atoms with Crippen molar-refractivity contribution in [1.29, 1.82) is 0 Å². The van der Waals surface area contributed by atoms with Crippen LogP contribution in [0, 0.1) is 0 Å². The van der Waals surface area contributed by atoms with E-state index in [4.69, 9.17) is 4.98 Å². The molecule has 1 fully saturated rings. The molecule has 3 aromatic rings. The molecule has 1 amide bonds. The van der Waals surface area contributed by atoms with Gasteiger partial charge in [-0.1, -0.05) is 32.0 Å². The van der Waals surface area contributed by atoms with Crippen molar-refractivity contribution in [2.45, 2.75) is 63.8 Å². The molecule has 0 saturated carbocycles. The SMILES string of the molecule is CCCn1c(CCC(=O)Nc2ccccc2CC)nc2cc(S(=O)(=O)N3CCCC3)ccc21. The summed E-state index contributed by atoms with van der Waals surface area (Å²) < 4.78 is 29.6. The minimum absolute atomic E-state index is 0.0525. The average molecular weight is 469 g/mol. The number of aromatic nitrogens is 2. The molecule has 1 aliphatic heterocycles. The second-order valence-corrected chi connectivity index (χ2v) is 10.4. The zero-order valence-electron chi connectivity index (χ0n) is 19.4. The Morgan fingerprint density at radius 1 is 1.09 bits per heavy atom. The number of carbonyl (C=O) groups excluding carboxylic acids is 1. The van der Waals surface area contributed by atoms with Crippen LogP contribution < -0.4 is 5.32 Å². The summed E-state index contributed by atoms with van der Waals surface area (Å²) in [5, 5.41) is 3.02. The molecular weight excluding hydrogens is 436 g/mol. The quantitative estimate of drug-likeness (QED) is 0.506. The highest BCUT2D eigenvalue weighted by Crippen LogP contribution is 2.26. The number of rotatable bonds is 9. The molecule has 7 nitrogen and oxygen atoms in total. The first-order chi connectivity index (χ1) is 15.9. The summed E-state index contributed by atoms with van der Waals surface area (Å²) >= 11 is 0. The molecule has 0 unspecified atom stereocenters. The van der Waals surface area contributed by atoms with Gasteiger partial charge in [-0.2, -0.15) is 4.31 Å². The fourth-order valence-corrected chi connectivity index (χ4v) is 5.99. The van der Waals surface area contributed by atoms with Gasteiger partial charge in [-0.25, -0.2) is 13.4 Å². The van der Waals surface area contributed by atoms with Crippen molar-refractivity contribution >= 4 is 32.7 Å². The van der Waals surface area contributed by atoms with E-state index in [-0.39, 0.29) is 5.91 Å². The maximum absolute atomic E-state index is 13.0. The van der Waals surface area contributed by atoms with Crippen molar-refractivity contribution in [2.24, 2.45) is 0 Å². The normalized spacial score (nSPS) is 14.7. The smallest absolute Gasteiger partial charge is 0.243 e. The van der Waals surface area contributed by atoms with Gasteiger partial charge < -0.3 is 9.88 Å². The predicted octanol–water partition coefficient (Wildman–Crippen LogP) is 4.36. The van der Waals surface area contributed by atoms with E-state index in [1.165, 1.54) is 0 Å². The van der Waals surface area contributed by atoms with Gasteiger partial charge in [0.15, 0.2) is 0 Å². The number of para-hydroxylation sites is 1. The molecule has 0 radical (unpaired) electrons. The van der Waals surface area contributed by atoms with Gasteiger partial charge >= 0.3 is 0 Å². The molecule has 1 aromatic heterocycles. The second kappa shape index (κ2) is 10.1. The van der Waals surface area contributed by atoms with E-state index in [9.17, 15) is 13.2 Å². The standard InChI is InChI=1S/C25H32N4O3S/c1-3-15-29-23-12-11-20(33(31,32)28-16-7-8-17-28)18-22(23)26-24(29)13-14-25(30)27-21-10-6-5-9-19(21)4-2/h5-6,9-12,18H,3-4,7-8,13-17H2,1-2H3,(H,27,30). The molecule has 1 aliphatic rings. The summed E-state index contributed by atoms with van der Waals surface area (Å²) in [6.07, 6.45) is 4.38. The topological polar surface area (TPSA) is 84.3 Å². The van der Waals surface area contributed by atoms with Gasteiger partial charge in [0.2, 0.25) is 15.9 Å². The first kappa shape index (κ1) is 23.4. The number of nitrogens with one attached hydrogen (secondary N) is 1.